The molecular formula is C13H16O5. The maximum Gasteiger partial charge on any atom is 0.306 e. The summed E-state index contributed by atoms with van der Waals surface area (Å²) in [5.41, 5.74) is 0.00291. The van der Waals surface area contributed by atoms with Crippen LogP contribution in [-0.4, -0.2) is 31.9 Å². The van der Waals surface area contributed by atoms with E-state index in [2.05, 4.69) is 0 Å². The number of hydrogen-bond donors (Lipinski definition) is 1. The van der Waals surface area contributed by atoms with Crippen molar-refractivity contribution in [3.8, 4) is 11.5 Å². The van der Waals surface area contributed by atoms with Crippen molar-refractivity contribution in [2.24, 2.45) is 0 Å². The topological polar surface area (TPSA) is 65.0 Å². The van der Waals surface area contributed by atoms with E-state index in [1.54, 1.807) is 32.4 Å². The van der Waals surface area contributed by atoms with Crippen LogP contribution in [0.25, 0.3) is 0 Å². The molecule has 1 aliphatic heterocycles. The molecule has 98 valence electrons. The van der Waals surface area contributed by atoms with Crippen LogP contribution >= 0.6 is 0 Å². The molecule has 0 bridgehead atoms. The number of carboxylic acid groups (broad SMARTS) is 1. The maximum absolute atomic E-state index is 11.0. The van der Waals surface area contributed by atoms with Crippen LogP contribution in [0.3, 0.4) is 0 Å². The summed E-state index contributed by atoms with van der Waals surface area (Å²) >= 11 is 0. The fourth-order valence-corrected chi connectivity index (χ4v) is 2.21. The highest BCUT2D eigenvalue weighted by Gasteiger charge is 2.44. The number of rotatable bonds is 5. The minimum Gasteiger partial charge on any atom is -0.497 e. The van der Waals surface area contributed by atoms with Gasteiger partial charge in [-0.05, 0) is 12.1 Å². The number of aliphatic carboxylic acids is 1. The Morgan fingerprint density at radius 2 is 2.17 bits per heavy atom. The molecule has 1 aromatic carbocycles. The zero-order valence-electron chi connectivity index (χ0n) is 10.4. The third kappa shape index (κ3) is 2.13. The quantitative estimate of drug-likeness (QED) is 0.865. The summed E-state index contributed by atoms with van der Waals surface area (Å²) < 4.78 is 15.9. The molecule has 1 saturated heterocycles. The second kappa shape index (κ2) is 4.86. The maximum atomic E-state index is 11.0. The Balaban J connectivity index is 2.39. The Hall–Kier alpha value is -1.75. The molecule has 1 aromatic rings. The molecule has 0 aromatic heterocycles. The highest BCUT2D eigenvalue weighted by Crippen LogP contribution is 2.45. The third-order valence-electron chi connectivity index (χ3n) is 3.22. The molecular weight excluding hydrogens is 236 g/mol. The smallest absolute Gasteiger partial charge is 0.306 e. The van der Waals surface area contributed by atoms with Crippen molar-refractivity contribution >= 4 is 5.97 Å². The average molecular weight is 252 g/mol. The van der Waals surface area contributed by atoms with Crippen LogP contribution in [0.2, 0.25) is 0 Å². The summed E-state index contributed by atoms with van der Waals surface area (Å²) in [5, 5.41) is 8.99. The van der Waals surface area contributed by atoms with Gasteiger partial charge in [0.25, 0.3) is 0 Å². The van der Waals surface area contributed by atoms with E-state index in [0.29, 0.717) is 24.5 Å². The molecule has 1 heterocycles. The van der Waals surface area contributed by atoms with Crippen LogP contribution in [0.15, 0.2) is 18.2 Å². The van der Waals surface area contributed by atoms with Crippen LogP contribution in [0.1, 0.15) is 18.4 Å². The number of hydrogen-bond acceptors (Lipinski definition) is 4. The van der Waals surface area contributed by atoms with Gasteiger partial charge < -0.3 is 19.3 Å². The van der Waals surface area contributed by atoms with E-state index in [4.69, 9.17) is 19.3 Å². The first-order valence-corrected chi connectivity index (χ1v) is 5.69. The lowest BCUT2D eigenvalue weighted by molar-refractivity contribution is -0.176. The first kappa shape index (κ1) is 12.7. The van der Waals surface area contributed by atoms with Gasteiger partial charge in [0.2, 0.25) is 0 Å². The lowest BCUT2D eigenvalue weighted by Gasteiger charge is -2.41. The van der Waals surface area contributed by atoms with Gasteiger partial charge in [-0.1, -0.05) is 0 Å². The van der Waals surface area contributed by atoms with Crippen molar-refractivity contribution in [2.45, 2.75) is 18.4 Å². The molecule has 1 aliphatic rings. The molecule has 0 saturated carbocycles. The summed E-state index contributed by atoms with van der Waals surface area (Å²) in [6.07, 6.45) is 0.623. The standard InChI is InChI=1S/C13H16O5/c1-16-9-3-4-10(11(7-9)17-2)13(5-6-18-13)8-12(14)15/h3-4,7H,5-6,8H2,1-2H3,(H,14,15). The summed E-state index contributed by atoms with van der Waals surface area (Å²) in [6, 6.07) is 5.32. The minimum absolute atomic E-state index is 0.0598. The summed E-state index contributed by atoms with van der Waals surface area (Å²) in [5.74, 6) is 0.378. The zero-order chi connectivity index (χ0) is 13.2. The largest absolute Gasteiger partial charge is 0.497 e. The predicted octanol–water partition coefficient (Wildman–Crippen LogP) is 1.79. The minimum atomic E-state index is -0.882. The van der Waals surface area contributed by atoms with Crippen molar-refractivity contribution in [3.63, 3.8) is 0 Å². The Kier molecular flexibility index (Phi) is 3.43. The van der Waals surface area contributed by atoms with E-state index in [1.165, 1.54) is 0 Å². The molecule has 1 N–H and O–H groups in total. The van der Waals surface area contributed by atoms with Gasteiger partial charge in [0.15, 0.2) is 0 Å². The van der Waals surface area contributed by atoms with Crippen molar-refractivity contribution in [1.82, 2.24) is 0 Å². The van der Waals surface area contributed by atoms with Crippen molar-refractivity contribution in [3.05, 3.63) is 23.8 Å². The molecule has 1 atom stereocenters. The number of carbonyl (C=O) groups is 1. The van der Waals surface area contributed by atoms with Gasteiger partial charge in [0.1, 0.15) is 17.1 Å². The first-order chi connectivity index (χ1) is 8.61. The second-order valence-corrected chi connectivity index (χ2v) is 4.23. The van der Waals surface area contributed by atoms with Crippen LogP contribution < -0.4 is 9.47 Å². The second-order valence-electron chi connectivity index (χ2n) is 4.23. The van der Waals surface area contributed by atoms with Gasteiger partial charge in [-0.25, -0.2) is 0 Å². The van der Waals surface area contributed by atoms with Gasteiger partial charge >= 0.3 is 5.97 Å². The van der Waals surface area contributed by atoms with Crippen LogP contribution in [0, 0.1) is 0 Å². The lowest BCUT2D eigenvalue weighted by Crippen LogP contribution is -2.42. The van der Waals surface area contributed by atoms with Crippen LogP contribution in [-0.2, 0) is 15.1 Å². The Bertz CT molecular complexity index is 451. The normalized spacial score (nSPS) is 22.1. The first-order valence-electron chi connectivity index (χ1n) is 5.69. The Labute approximate surface area is 105 Å². The van der Waals surface area contributed by atoms with Gasteiger partial charge in [0.05, 0.1) is 27.2 Å². The van der Waals surface area contributed by atoms with Crippen LogP contribution in [0.4, 0.5) is 0 Å². The van der Waals surface area contributed by atoms with E-state index in [9.17, 15) is 4.79 Å². The van der Waals surface area contributed by atoms with Gasteiger partial charge in [-0.15, -0.1) is 0 Å². The predicted molar refractivity (Wildman–Crippen MR) is 64.0 cm³/mol. The molecule has 18 heavy (non-hydrogen) atoms. The average Bonchev–Trinajstić information content (AvgIpc) is 2.33. The summed E-state index contributed by atoms with van der Waals surface area (Å²) in [4.78, 5) is 11.0. The Morgan fingerprint density at radius 1 is 1.44 bits per heavy atom. The third-order valence-corrected chi connectivity index (χ3v) is 3.22. The molecule has 0 radical (unpaired) electrons. The number of methoxy groups -OCH3 is 2. The Morgan fingerprint density at radius 3 is 2.61 bits per heavy atom. The molecule has 0 aliphatic carbocycles. The van der Waals surface area contributed by atoms with Crippen LogP contribution in [0.5, 0.6) is 11.5 Å². The molecule has 1 unspecified atom stereocenters. The molecule has 2 rings (SSSR count). The fourth-order valence-electron chi connectivity index (χ4n) is 2.21. The van der Waals surface area contributed by atoms with E-state index in [-0.39, 0.29) is 6.42 Å². The zero-order valence-corrected chi connectivity index (χ0v) is 10.4. The molecule has 5 nitrogen and oxygen atoms in total. The fraction of sp³-hybridized carbons (Fsp3) is 0.462. The lowest BCUT2D eigenvalue weighted by atomic mass is 9.83. The SMILES string of the molecule is COc1ccc(C2(CC(=O)O)CCO2)c(OC)c1. The van der Waals surface area contributed by atoms with Crippen molar-refractivity contribution in [2.75, 3.05) is 20.8 Å². The number of carboxylic acids is 1. The summed E-state index contributed by atoms with van der Waals surface area (Å²) in [7, 11) is 3.12. The molecule has 1 fully saturated rings. The number of benzene rings is 1. The molecule has 0 spiro atoms. The molecule has 0 amide bonds. The van der Waals surface area contributed by atoms with E-state index in [1.807, 2.05) is 0 Å². The highest BCUT2D eigenvalue weighted by atomic mass is 16.5. The van der Waals surface area contributed by atoms with E-state index < -0.39 is 11.6 Å². The van der Waals surface area contributed by atoms with Gasteiger partial charge in [0, 0.05) is 18.1 Å². The number of ether oxygens (including phenoxy) is 3. The van der Waals surface area contributed by atoms with E-state index in [0.717, 1.165) is 5.56 Å². The molecule has 5 heteroatoms. The monoisotopic (exact) mass is 252 g/mol. The highest BCUT2D eigenvalue weighted by molar-refractivity contribution is 5.69. The summed E-state index contributed by atoms with van der Waals surface area (Å²) in [6.45, 7) is 0.572. The van der Waals surface area contributed by atoms with Gasteiger partial charge in [-0.2, -0.15) is 0 Å². The van der Waals surface area contributed by atoms with Crippen molar-refractivity contribution < 1.29 is 24.1 Å². The van der Waals surface area contributed by atoms with E-state index >= 15 is 0 Å². The van der Waals surface area contributed by atoms with Gasteiger partial charge in [-0.3, -0.25) is 4.79 Å². The van der Waals surface area contributed by atoms with Crippen molar-refractivity contribution in [1.29, 1.82) is 0 Å².